The van der Waals surface area contributed by atoms with Gasteiger partial charge in [-0.3, -0.25) is 0 Å². The minimum absolute atomic E-state index is 0.0645. The Morgan fingerprint density at radius 2 is 2.06 bits per heavy atom. The molecule has 2 rings (SSSR count). The highest BCUT2D eigenvalue weighted by Crippen LogP contribution is 2.32. The number of hydrogen-bond acceptors (Lipinski definition) is 4. The summed E-state index contributed by atoms with van der Waals surface area (Å²) in [6.45, 7) is 8.55. The van der Waals surface area contributed by atoms with Crippen molar-refractivity contribution in [2.45, 2.75) is 33.7 Å². The zero-order chi connectivity index (χ0) is 13.5. The number of fused-ring (bicyclic) bond motifs is 1. The van der Waals surface area contributed by atoms with E-state index in [1.54, 1.807) is 6.20 Å². The van der Waals surface area contributed by atoms with Gasteiger partial charge in [0, 0.05) is 0 Å². The largest absolute Gasteiger partial charge is 0.383 e. The van der Waals surface area contributed by atoms with Gasteiger partial charge < -0.3 is 5.73 Å². The van der Waals surface area contributed by atoms with E-state index in [-0.39, 0.29) is 11.5 Å². The summed E-state index contributed by atoms with van der Waals surface area (Å²) in [6, 6.07) is 0.176. The summed E-state index contributed by atoms with van der Waals surface area (Å²) in [4.78, 5) is 8.35. The Bertz CT molecular complexity index is 627. The van der Waals surface area contributed by atoms with Gasteiger partial charge in [-0.05, 0) is 18.3 Å². The van der Waals surface area contributed by atoms with Crippen molar-refractivity contribution in [3.05, 3.63) is 12.0 Å². The molecule has 2 aromatic heterocycles. The van der Waals surface area contributed by atoms with E-state index < -0.39 is 0 Å². The molecule has 2 N–H and O–H groups in total. The number of terminal acetylenes is 1. The Labute approximate surface area is 106 Å². The molecular weight excluding hydrogens is 226 g/mol. The number of nitrogens with two attached hydrogens (primary N) is 1. The second-order valence-corrected chi connectivity index (χ2v) is 5.45. The normalized spacial score (nSPS) is 13.5. The van der Waals surface area contributed by atoms with Gasteiger partial charge in [0.2, 0.25) is 5.82 Å². The summed E-state index contributed by atoms with van der Waals surface area (Å²) in [7, 11) is 0. The van der Waals surface area contributed by atoms with Crippen LogP contribution in [-0.4, -0.2) is 19.7 Å². The predicted octanol–water partition coefficient (Wildman–Crippen LogP) is 2.00. The van der Waals surface area contributed by atoms with Gasteiger partial charge in [-0.25, -0.2) is 14.6 Å². The van der Waals surface area contributed by atoms with Crippen LogP contribution in [0.5, 0.6) is 0 Å². The van der Waals surface area contributed by atoms with Gasteiger partial charge in [0.25, 0.3) is 0 Å². The maximum absolute atomic E-state index is 5.86. The molecule has 2 heterocycles. The third kappa shape index (κ3) is 1.90. The van der Waals surface area contributed by atoms with Crippen LogP contribution in [0.2, 0.25) is 0 Å². The number of nitrogens with zero attached hydrogens (tertiary/aromatic N) is 4. The van der Waals surface area contributed by atoms with Crippen molar-refractivity contribution in [1.82, 2.24) is 19.7 Å². The highest BCUT2D eigenvalue weighted by Gasteiger charge is 2.25. The molecule has 0 radical (unpaired) electrons. The summed E-state index contributed by atoms with van der Waals surface area (Å²) in [5, 5.41) is 5.10. The van der Waals surface area contributed by atoms with E-state index in [4.69, 9.17) is 12.2 Å². The lowest BCUT2D eigenvalue weighted by atomic mass is 9.88. The number of aromatic nitrogens is 4. The second-order valence-electron chi connectivity index (χ2n) is 5.45. The van der Waals surface area contributed by atoms with E-state index in [9.17, 15) is 0 Å². The molecule has 18 heavy (non-hydrogen) atoms. The van der Waals surface area contributed by atoms with Crippen molar-refractivity contribution in [2.75, 3.05) is 5.73 Å². The van der Waals surface area contributed by atoms with E-state index >= 15 is 0 Å². The molecule has 94 valence electrons. The van der Waals surface area contributed by atoms with E-state index in [0.29, 0.717) is 17.3 Å². The molecule has 0 spiro atoms. The fraction of sp³-hybridized carbons (Fsp3) is 0.462. The lowest BCUT2D eigenvalue weighted by Gasteiger charge is -2.27. The minimum atomic E-state index is 0.0645. The summed E-state index contributed by atoms with van der Waals surface area (Å²) >= 11 is 0. The van der Waals surface area contributed by atoms with Gasteiger partial charge in [0.05, 0.1) is 17.6 Å². The first kappa shape index (κ1) is 12.4. The Balaban J connectivity index is 2.68. The zero-order valence-electron chi connectivity index (χ0n) is 11.1. The first-order chi connectivity index (χ1) is 8.34. The van der Waals surface area contributed by atoms with E-state index in [0.717, 1.165) is 5.39 Å². The van der Waals surface area contributed by atoms with Crippen LogP contribution in [-0.2, 0) is 0 Å². The van der Waals surface area contributed by atoms with Gasteiger partial charge in [0.1, 0.15) is 5.82 Å². The molecule has 1 atom stereocenters. The fourth-order valence-electron chi connectivity index (χ4n) is 1.66. The lowest BCUT2D eigenvalue weighted by molar-refractivity contribution is 0.249. The maximum Gasteiger partial charge on any atom is 0.208 e. The van der Waals surface area contributed by atoms with Crippen LogP contribution in [0.25, 0.3) is 11.0 Å². The van der Waals surface area contributed by atoms with Gasteiger partial charge in [-0.1, -0.05) is 20.8 Å². The maximum atomic E-state index is 5.86. The van der Waals surface area contributed by atoms with Gasteiger partial charge in [-0.15, -0.1) is 6.42 Å². The van der Waals surface area contributed by atoms with Crippen LogP contribution < -0.4 is 5.73 Å². The van der Waals surface area contributed by atoms with Crippen LogP contribution in [0.4, 0.5) is 5.82 Å². The van der Waals surface area contributed by atoms with Gasteiger partial charge in [0.15, 0.2) is 5.65 Å². The highest BCUT2D eigenvalue weighted by molar-refractivity contribution is 5.85. The number of rotatable bonds is 1. The van der Waals surface area contributed by atoms with Crippen molar-refractivity contribution < 1.29 is 0 Å². The Morgan fingerprint density at radius 3 is 2.61 bits per heavy atom. The van der Waals surface area contributed by atoms with Crippen LogP contribution in [0.15, 0.2) is 6.20 Å². The molecule has 0 saturated carbocycles. The summed E-state index contributed by atoms with van der Waals surface area (Å²) < 4.78 is 1.86. The van der Waals surface area contributed by atoms with Crippen LogP contribution >= 0.6 is 0 Å². The fourth-order valence-corrected chi connectivity index (χ4v) is 1.66. The van der Waals surface area contributed by atoms with Crippen molar-refractivity contribution >= 4 is 16.9 Å². The molecule has 5 nitrogen and oxygen atoms in total. The molecule has 0 saturated heterocycles. The average molecular weight is 243 g/mol. The highest BCUT2D eigenvalue weighted by atomic mass is 15.3. The minimum Gasteiger partial charge on any atom is -0.383 e. The van der Waals surface area contributed by atoms with Crippen molar-refractivity contribution in [3.8, 4) is 12.3 Å². The Kier molecular flexibility index (Phi) is 2.74. The smallest absolute Gasteiger partial charge is 0.208 e. The summed E-state index contributed by atoms with van der Waals surface area (Å²) in [5.41, 5.74) is 6.61. The molecular formula is C13H17N5. The molecule has 0 aliphatic rings. The molecule has 0 aromatic carbocycles. The molecule has 2 aromatic rings. The Hall–Kier alpha value is -2.09. The van der Waals surface area contributed by atoms with E-state index in [1.807, 2.05) is 4.68 Å². The zero-order valence-corrected chi connectivity index (χ0v) is 11.1. The predicted molar refractivity (Wildman–Crippen MR) is 71.8 cm³/mol. The quantitative estimate of drug-likeness (QED) is 0.778. The van der Waals surface area contributed by atoms with E-state index in [1.165, 1.54) is 0 Å². The summed E-state index contributed by atoms with van der Waals surface area (Å²) in [5.74, 6) is 3.08. The standard InChI is InChI=1S/C13H17N5/c1-6-10-16-11(14)9-7-15-18(12(9)17-10)8(2)13(3,4)5/h1,7-8H,2-5H3,(H2,14,16,17)/t8-/m1/s1. The number of hydrogen-bond donors (Lipinski definition) is 1. The molecule has 5 heteroatoms. The van der Waals surface area contributed by atoms with Crippen LogP contribution in [0, 0.1) is 17.8 Å². The first-order valence-corrected chi connectivity index (χ1v) is 5.82. The molecule has 0 unspecified atom stereocenters. The molecule has 0 bridgehead atoms. The monoisotopic (exact) mass is 243 g/mol. The molecule has 0 fully saturated rings. The average Bonchev–Trinajstić information content (AvgIpc) is 2.70. The number of nitrogen functional groups attached to an aromatic ring is 1. The van der Waals surface area contributed by atoms with Crippen molar-refractivity contribution in [2.24, 2.45) is 5.41 Å². The van der Waals surface area contributed by atoms with Crippen LogP contribution in [0.1, 0.15) is 39.6 Å². The van der Waals surface area contributed by atoms with Crippen molar-refractivity contribution in [3.63, 3.8) is 0 Å². The first-order valence-electron chi connectivity index (χ1n) is 5.82. The molecule has 0 amide bonds. The third-order valence-corrected chi connectivity index (χ3v) is 3.23. The van der Waals surface area contributed by atoms with Gasteiger partial charge >= 0.3 is 0 Å². The van der Waals surface area contributed by atoms with Crippen LogP contribution in [0.3, 0.4) is 0 Å². The summed E-state index contributed by atoms with van der Waals surface area (Å²) in [6.07, 6.45) is 7.02. The molecule has 0 aliphatic heterocycles. The lowest BCUT2D eigenvalue weighted by Crippen LogP contribution is -2.22. The third-order valence-electron chi connectivity index (χ3n) is 3.23. The topological polar surface area (TPSA) is 69.6 Å². The second kappa shape index (κ2) is 3.98. The van der Waals surface area contributed by atoms with Gasteiger partial charge in [-0.2, -0.15) is 5.10 Å². The Morgan fingerprint density at radius 1 is 1.39 bits per heavy atom. The van der Waals surface area contributed by atoms with Crippen molar-refractivity contribution in [1.29, 1.82) is 0 Å². The number of anilines is 1. The molecule has 0 aliphatic carbocycles. The SMILES string of the molecule is C#Cc1nc(N)c2cnn([C@H](C)C(C)(C)C)c2n1. The van der Waals surface area contributed by atoms with E-state index in [2.05, 4.69) is 48.7 Å².